The summed E-state index contributed by atoms with van der Waals surface area (Å²) in [6.07, 6.45) is 0. The number of amides is 1. The van der Waals surface area contributed by atoms with E-state index in [9.17, 15) is 9.59 Å². The Bertz CT molecular complexity index is 890. The van der Waals surface area contributed by atoms with Crippen LogP contribution in [-0.2, 0) is 6.54 Å². The van der Waals surface area contributed by atoms with Gasteiger partial charge in [0, 0.05) is 6.54 Å². The predicted molar refractivity (Wildman–Crippen MR) is 90.8 cm³/mol. The maximum atomic E-state index is 12.2. The van der Waals surface area contributed by atoms with Gasteiger partial charge in [0.2, 0.25) is 0 Å². The number of benzene rings is 1. The lowest BCUT2D eigenvalue weighted by molar-refractivity contribution is 0.0945. The van der Waals surface area contributed by atoms with Gasteiger partial charge in [0.1, 0.15) is 5.69 Å². The summed E-state index contributed by atoms with van der Waals surface area (Å²) in [6.45, 7) is 0.369. The van der Waals surface area contributed by atoms with Crippen LogP contribution in [0.1, 0.15) is 16.1 Å². The van der Waals surface area contributed by atoms with Crippen molar-refractivity contribution in [1.82, 2.24) is 15.3 Å². The zero-order valence-corrected chi connectivity index (χ0v) is 13.4. The highest BCUT2D eigenvalue weighted by molar-refractivity contribution is 7.19. The van der Waals surface area contributed by atoms with Crippen LogP contribution < -0.4 is 11.0 Å². The molecule has 23 heavy (non-hydrogen) atoms. The van der Waals surface area contributed by atoms with Gasteiger partial charge in [-0.15, -0.1) is 11.3 Å². The number of carbonyl (C=O) groups excluding carboxylic acids is 1. The van der Waals surface area contributed by atoms with E-state index >= 15 is 0 Å². The number of aromatic nitrogens is 2. The van der Waals surface area contributed by atoms with E-state index in [-0.39, 0.29) is 5.69 Å². The minimum atomic E-state index is -0.572. The van der Waals surface area contributed by atoms with Gasteiger partial charge in [0.15, 0.2) is 0 Å². The second kappa shape index (κ2) is 6.76. The van der Waals surface area contributed by atoms with Gasteiger partial charge in [-0.2, -0.15) is 4.98 Å². The zero-order chi connectivity index (χ0) is 16.2. The zero-order valence-electron chi connectivity index (χ0n) is 11.9. The summed E-state index contributed by atoms with van der Waals surface area (Å²) in [4.78, 5) is 31.0. The van der Waals surface area contributed by atoms with Crippen molar-refractivity contribution in [2.24, 2.45) is 0 Å². The fraction of sp³-hybridized carbons (Fsp3) is 0.0625. The molecule has 1 aromatic carbocycles. The summed E-state index contributed by atoms with van der Waals surface area (Å²) in [5, 5.41) is 2.75. The first-order valence-electron chi connectivity index (χ1n) is 6.81. The van der Waals surface area contributed by atoms with Crippen molar-refractivity contribution in [1.29, 1.82) is 0 Å². The molecule has 1 amide bonds. The predicted octanol–water partition coefficient (Wildman–Crippen LogP) is 3.08. The fourth-order valence-electron chi connectivity index (χ4n) is 2.03. The smallest absolute Gasteiger partial charge is 0.346 e. The highest BCUT2D eigenvalue weighted by atomic mass is 35.5. The Morgan fingerprint density at radius 3 is 2.70 bits per heavy atom. The van der Waals surface area contributed by atoms with E-state index in [0.717, 1.165) is 10.4 Å². The van der Waals surface area contributed by atoms with E-state index < -0.39 is 11.6 Å². The number of thiophene rings is 1. The van der Waals surface area contributed by atoms with Crippen LogP contribution in [0, 0.1) is 0 Å². The lowest BCUT2D eigenvalue weighted by atomic mass is 10.2. The van der Waals surface area contributed by atoms with Crippen LogP contribution in [0.25, 0.3) is 10.6 Å². The van der Waals surface area contributed by atoms with Gasteiger partial charge in [-0.3, -0.25) is 4.79 Å². The molecule has 7 heteroatoms. The second-order valence-electron chi connectivity index (χ2n) is 4.76. The average Bonchev–Trinajstić information content (AvgIpc) is 2.99. The number of rotatable bonds is 4. The van der Waals surface area contributed by atoms with E-state index in [2.05, 4.69) is 15.3 Å². The third-order valence-corrected chi connectivity index (χ3v) is 4.38. The molecule has 0 aliphatic carbocycles. The molecule has 2 heterocycles. The number of nitrogens with zero attached hydrogens (tertiary/aromatic N) is 1. The third-order valence-electron chi connectivity index (χ3n) is 3.11. The molecule has 0 saturated heterocycles. The van der Waals surface area contributed by atoms with E-state index in [4.69, 9.17) is 11.6 Å². The van der Waals surface area contributed by atoms with Crippen molar-refractivity contribution in [3.63, 3.8) is 0 Å². The molecule has 0 spiro atoms. The molecule has 2 aromatic heterocycles. The van der Waals surface area contributed by atoms with Crippen molar-refractivity contribution in [2.45, 2.75) is 6.54 Å². The lowest BCUT2D eigenvalue weighted by Gasteiger charge is -2.05. The standard InChI is InChI=1S/C16H12ClN3O2S/c17-14-7-6-13(23-14)11-8-12(20-16(22)19-11)15(21)18-9-10-4-2-1-3-5-10/h1-8H,9H2,(H,18,21)(H,19,20,22). The Kier molecular flexibility index (Phi) is 4.55. The highest BCUT2D eigenvalue weighted by Crippen LogP contribution is 2.29. The van der Waals surface area contributed by atoms with Crippen LogP contribution in [0.3, 0.4) is 0 Å². The Morgan fingerprint density at radius 1 is 1.22 bits per heavy atom. The molecule has 5 nitrogen and oxygen atoms in total. The van der Waals surface area contributed by atoms with Gasteiger partial charge in [-0.05, 0) is 23.8 Å². The van der Waals surface area contributed by atoms with Crippen LogP contribution >= 0.6 is 22.9 Å². The first-order valence-corrected chi connectivity index (χ1v) is 8.00. The third kappa shape index (κ3) is 3.85. The monoisotopic (exact) mass is 345 g/mol. The number of H-pyrrole nitrogens is 1. The highest BCUT2D eigenvalue weighted by Gasteiger charge is 2.12. The molecule has 0 saturated carbocycles. The van der Waals surface area contributed by atoms with Crippen LogP contribution in [0.5, 0.6) is 0 Å². The molecule has 0 unspecified atom stereocenters. The molecule has 116 valence electrons. The number of hydrogen-bond donors (Lipinski definition) is 2. The van der Waals surface area contributed by atoms with Gasteiger partial charge in [0.25, 0.3) is 5.91 Å². The molecular weight excluding hydrogens is 334 g/mol. The van der Waals surface area contributed by atoms with Crippen molar-refractivity contribution in [3.05, 3.63) is 74.6 Å². The first-order chi connectivity index (χ1) is 11.1. The van der Waals surface area contributed by atoms with Crippen molar-refractivity contribution < 1.29 is 4.79 Å². The van der Waals surface area contributed by atoms with Gasteiger partial charge in [-0.25, -0.2) is 4.79 Å². The Hall–Kier alpha value is -2.44. The van der Waals surface area contributed by atoms with Crippen LogP contribution in [0.4, 0.5) is 0 Å². The molecule has 0 atom stereocenters. The summed E-state index contributed by atoms with van der Waals surface area (Å²) < 4.78 is 0.604. The molecular formula is C16H12ClN3O2S. The molecule has 3 rings (SSSR count). The van der Waals surface area contributed by atoms with E-state index in [1.54, 1.807) is 18.2 Å². The van der Waals surface area contributed by atoms with Gasteiger partial charge < -0.3 is 10.3 Å². The van der Waals surface area contributed by atoms with Crippen molar-refractivity contribution in [3.8, 4) is 10.6 Å². The van der Waals surface area contributed by atoms with Crippen molar-refractivity contribution in [2.75, 3.05) is 0 Å². The number of aromatic amines is 1. The Morgan fingerprint density at radius 2 is 2.00 bits per heavy atom. The van der Waals surface area contributed by atoms with Crippen LogP contribution in [-0.4, -0.2) is 15.9 Å². The van der Waals surface area contributed by atoms with Gasteiger partial charge in [0.05, 0.1) is 14.9 Å². The molecule has 0 aliphatic rings. The molecule has 0 aliphatic heterocycles. The second-order valence-corrected chi connectivity index (χ2v) is 6.47. The minimum Gasteiger partial charge on any atom is -0.347 e. The normalized spacial score (nSPS) is 10.5. The number of hydrogen-bond acceptors (Lipinski definition) is 4. The molecule has 3 aromatic rings. The van der Waals surface area contributed by atoms with Crippen molar-refractivity contribution >= 4 is 28.8 Å². The molecule has 0 fully saturated rings. The van der Waals surface area contributed by atoms with Gasteiger partial charge in [-0.1, -0.05) is 41.9 Å². The Balaban J connectivity index is 1.80. The Labute approximate surface area is 141 Å². The summed E-state index contributed by atoms with van der Waals surface area (Å²) in [6, 6.07) is 14.6. The largest absolute Gasteiger partial charge is 0.347 e. The summed E-state index contributed by atoms with van der Waals surface area (Å²) in [7, 11) is 0. The number of carbonyl (C=O) groups is 1. The van der Waals surface area contributed by atoms with Gasteiger partial charge >= 0.3 is 5.69 Å². The summed E-state index contributed by atoms with van der Waals surface area (Å²) >= 11 is 7.22. The lowest BCUT2D eigenvalue weighted by Crippen LogP contribution is -2.27. The number of halogens is 1. The summed E-state index contributed by atoms with van der Waals surface area (Å²) in [5.74, 6) is -0.399. The minimum absolute atomic E-state index is 0.0733. The van der Waals surface area contributed by atoms with Crippen LogP contribution in [0.2, 0.25) is 4.34 Å². The maximum absolute atomic E-state index is 12.2. The molecule has 0 radical (unpaired) electrons. The molecule has 0 bridgehead atoms. The maximum Gasteiger partial charge on any atom is 0.346 e. The topological polar surface area (TPSA) is 74.8 Å². The van der Waals surface area contributed by atoms with E-state index in [1.807, 2.05) is 30.3 Å². The first kappa shape index (κ1) is 15.5. The fourth-order valence-corrected chi connectivity index (χ4v) is 3.05. The molecule has 2 N–H and O–H groups in total. The summed E-state index contributed by atoms with van der Waals surface area (Å²) in [5.41, 5.74) is 0.990. The van der Waals surface area contributed by atoms with Crippen LogP contribution in [0.15, 0.2) is 53.3 Å². The SMILES string of the molecule is O=C(NCc1ccccc1)c1cc(-c2ccc(Cl)s2)[nH]c(=O)n1. The quantitative estimate of drug-likeness (QED) is 0.763. The number of nitrogens with one attached hydrogen (secondary N) is 2. The van der Waals surface area contributed by atoms with E-state index in [1.165, 1.54) is 11.3 Å². The van der Waals surface area contributed by atoms with E-state index in [0.29, 0.717) is 16.6 Å². The average molecular weight is 346 g/mol.